The Morgan fingerprint density at radius 2 is 1.88 bits per heavy atom. The van der Waals surface area contributed by atoms with Crippen LogP contribution in [0.1, 0.15) is 46.5 Å². The largest absolute Gasteiger partial charge is 0.507 e. The number of phenolic OH excluding ortho intramolecular Hbond substituents is 1. The summed E-state index contributed by atoms with van der Waals surface area (Å²) in [5, 5.41) is 14.7. The van der Waals surface area contributed by atoms with Crippen molar-refractivity contribution >= 4 is 29.8 Å². The van der Waals surface area contributed by atoms with Crippen molar-refractivity contribution in [2.24, 2.45) is 5.10 Å². The maximum absolute atomic E-state index is 12.2. The van der Waals surface area contributed by atoms with Crippen LogP contribution in [0.4, 0.5) is 0 Å². The third-order valence-electron chi connectivity index (χ3n) is 3.94. The van der Waals surface area contributed by atoms with Gasteiger partial charge in [-0.15, -0.1) is 0 Å². The fourth-order valence-corrected chi connectivity index (χ4v) is 2.83. The highest BCUT2D eigenvalue weighted by molar-refractivity contribution is 6.30. The zero-order chi connectivity index (χ0) is 18.4. The lowest BCUT2D eigenvalue weighted by atomic mass is 9.98. The number of phenols is 1. The van der Waals surface area contributed by atoms with Crippen molar-refractivity contribution in [3.63, 3.8) is 0 Å². The van der Waals surface area contributed by atoms with Gasteiger partial charge in [-0.2, -0.15) is 5.10 Å². The molecule has 4 nitrogen and oxygen atoms in total. The van der Waals surface area contributed by atoms with Crippen molar-refractivity contribution in [1.82, 2.24) is 5.43 Å². The van der Waals surface area contributed by atoms with Crippen molar-refractivity contribution in [1.29, 1.82) is 0 Å². The minimum atomic E-state index is -0.477. The third kappa shape index (κ3) is 4.48. The molecule has 1 amide bonds. The number of aromatic hydroxyl groups is 1. The van der Waals surface area contributed by atoms with Gasteiger partial charge in [-0.25, -0.2) is 5.43 Å². The van der Waals surface area contributed by atoms with E-state index in [9.17, 15) is 9.90 Å². The summed E-state index contributed by atoms with van der Waals surface area (Å²) in [4.78, 5) is 12.2. The summed E-state index contributed by atoms with van der Waals surface area (Å²) in [6, 6.07) is 8.53. The fourth-order valence-electron chi connectivity index (χ4n) is 2.57. The van der Waals surface area contributed by atoms with Crippen molar-refractivity contribution < 1.29 is 9.90 Å². The molecule has 25 heavy (non-hydrogen) atoms. The van der Waals surface area contributed by atoms with Gasteiger partial charge in [-0.3, -0.25) is 4.79 Å². The summed E-state index contributed by atoms with van der Waals surface area (Å²) in [6.45, 7) is 7.71. The van der Waals surface area contributed by atoms with Gasteiger partial charge >= 0.3 is 0 Å². The smallest absolute Gasteiger partial charge is 0.275 e. The molecule has 0 fully saturated rings. The second-order valence-electron chi connectivity index (χ2n) is 5.52. The number of rotatable bonds is 6. The number of hydrogen-bond acceptors (Lipinski definition) is 3. The zero-order valence-electron chi connectivity index (χ0n) is 14.3. The molecule has 2 N–H and O–H groups in total. The fraction of sp³-hybridized carbons (Fsp3) is 0.200. The lowest BCUT2D eigenvalue weighted by Gasteiger charge is -2.10. The number of nitrogens with zero attached hydrogens (tertiary/aromatic N) is 1. The van der Waals surface area contributed by atoms with E-state index in [4.69, 9.17) is 11.6 Å². The summed E-state index contributed by atoms with van der Waals surface area (Å²) >= 11 is 6.14. The Balaban J connectivity index is 2.21. The summed E-state index contributed by atoms with van der Waals surface area (Å²) in [6.07, 6.45) is 4.85. The van der Waals surface area contributed by atoms with E-state index >= 15 is 0 Å². The van der Waals surface area contributed by atoms with E-state index in [1.165, 1.54) is 12.1 Å². The molecule has 0 saturated carbocycles. The molecule has 130 valence electrons. The summed E-state index contributed by atoms with van der Waals surface area (Å²) in [5.41, 5.74) is 6.45. The Morgan fingerprint density at radius 1 is 1.24 bits per heavy atom. The van der Waals surface area contributed by atoms with Gasteiger partial charge in [-0.1, -0.05) is 44.2 Å². The first-order chi connectivity index (χ1) is 12.0. The molecule has 0 aliphatic heterocycles. The van der Waals surface area contributed by atoms with Crippen LogP contribution in [0.2, 0.25) is 5.02 Å². The Bertz CT molecular complexity index is 803. The van der Waals surface area contributed by atoms with Crippen LogP contribution in [0, 0.1) is 0 Å². The van der Waals surface area contributed by atoms with Gasteiger partial charge in [0, 0.05) is 10.6 Å². The van der Waals surface area contributed by atoms with Gasteiger partial charge in [0.15, 0.2) is 0 Å². The number of benzene rings is 2. The minimum absolute atomic E-state index is 0.111. The maximum atomic E-state index is 12.2. The van der Waals surface area contributed by atoms with Gasteiger partial charge in [0.25, 0.3) is 5.91 Å². The quantitative estimate of drug-likeness (QED) is 0.588. The molecule has 0 heterocycles. The van der Waals surface area contributed by atoms with Gasteiger partial charge < -0.3 is 5.11 Å². The van der Waals surface area contributed by atoms with Crippen LogP contribution in [0.5, 0.6) is 5.75 Å². The van der Waals surface area contributed by atoms with Crippen LogP contribution in [0.15, 0.2) is 42.0 Å². The van der Waals surface area contributed by atoms with Crippen molar-refractivity contribution in [2.45, 2.75) is 26.7 Å². The van der Waals surface area contributed by atoms with Crippen LogP contribution >= 0.6 is 11.6 Å². The standard InChI is InChI=1S/C20H21ClN2O2/c1-4-13-7-8-17(19(24)9-13)20(25)23-22-12-18-14(5-2)10-16(21)11-15(18)6-3/h4,7-12,24H,1,5-6H2,2-3H3,(H,23,25)/b22-12+. The number of amides is 1. The summed E-state index contributed by atoms with van der Waals surface area (Å²) in [5.74, 6) is -0.588. The highest BCUT2D eigenvalue weighted by atomic mass is 35.5. The highest BCUT2D eigenvalue weighted by Crippen LogP contribution is 2.22. The predicted molar refractivity (Wildman–Crippen MR) is 103 cm³/mol. The van der Waals surface area contributed by atoms with Crippen LogP contribution < -0.4 is 5.43 Å². The first-order valence-electron chi connectivity index (χ1n) is 8.10. The first kappa shape index (κ1) is 18.7. The molecule has 0 spiro atoms. The maximum Gasteiger partial charge on any atom is 0.275 e. The number of carbonyl (C=O) groups is 1. The molecule has 0 aliphatic carbocycles. The zero-order valence-corrected chi connectivity index (χ0v) is 15.1. The van der Waals surface area contributed by atoms with Gasteiger partial charge in [0.1, 0.15) is 5.75 Å². The molecule has 0 unspecified atom stereocenters. The Morgan fingerprint density at radius 3 is 2.40 bits per heavy atom. The SMILES string of the molecule is C=Cc1ccc(C(=O)N/N=C/c2c(CC)cc(Cl)cc2CC)c(O)c1. The second kappa shape index (κ2) is 8.49. The topological polar surface area (TPSA) is 61.7 Å². The van der Waals surface area contributed by atoms with Gasteiger partial charge in [0.2, 0.25) is 0 Å². The molecule has 0 radical (unpaired) electrons. The van der Waals surface area contributed by atoms with E-state index in [0.29, 0.717) is 5.02 Å². The molecule has 0 saturated heterocycles. The number of aryl methyl sites for hydroxylation is 2. The van der Waals surface area contributed by atoms with E-state index < -0.39 is 5.91 Å². The molecule has 0 atom stereocenters. The monoisotopic (exact) mass is 356 g/mol. The molecule has 5 heteroatoms. The van der Waals surface area contributed by atoms with E-state index in [1.54, 1.807) is 18.4 Å². The number of carbonyl (C=O) groups excluding carboxylic acids is 1. The Kier molecular flexibility index (Phi) is 6.37. The van der Waals surface area contributed by atoms with Crippen molar-refractivity contribution in [2.75, 3.05) is 0 Å². The molecule has 2 rings (SSSR count). The highest BCUT2D eigenvalue weighted by Gasteiger charge is 2.11. The third-order valence-corrected chi connectivity index (χ3v) is 4.16. The normalized spacial score (nSPS) is 10.8. The number of halogens is 1. The molecular weight excluding hydrogens is 336 g/mol. The molecular formula is C20H21ClN2O2. The number of hydrogen-bond donors (Lipinski definition) is 2. The van der Waals surface area contributed by atoms with E-state index in [2.05, 4.69) is 17.1 Å². The second-order valence-corrected chi connectivity index (χ2v) is 5.96. The lowest BCUT2D eigenvalue weighted by molar-refractivity contribution is 0.0952. The molecule has 0 aromatic heterocycles. The summed E-state index contributed by atoms with van der Waals surface area (Å²) in [7, 11) is 0. The van der Waals surface area contributed by atoms with E-state index in [1.807, 2.05) is 26.0 Å². The summed E-state index contributed by atoms with van der Waals surface area (Å²) < 4.78 is 0. The van der Waals surface area contributed by atoms with E-state index in [0.717, 1.165) is 35.1 Å². The molecule has 2 aromatic carbocycles. The lowest BCUT2D eigenvalue weighted by Crippen LogP contribution is -2.18. The average Bonchev–Trinajstić information content (AvgIpc) is 2.61. The number of hydrazone groups is 1. The predicted octanol–water partition coefficient (Wildman–Crippen LogP) is 4.58. The van der Waals surface area contributed by atoms with Crippen LogP contribution in [0.25, 0.3) is 6.08 Å². The Hall–Kier alpha value is -2.59. The van der Waals surface area contributed by atoms with Crippen molar-refractivity contribution in [3.8, 4) is 5.75 Å². The average molecular weight is 357 g/mol. The minimum Gasteiger partial charge on any atom is -0.507 e. The molecule has 0 aliphatic rings. The van der Waals surface area contributed by atoms with Gasteiger partial charge in [-0.05, 0) is 53.8 Å². The first-order valence-corrected chi connectivity index (χ1v) is 8.48. The number of nitrogens with one attached hydrogen (secondary N) is 1. The van der Waals surface area contributed by atoms with Crippen LogP contribution in [-0.4, -0.2) is 17.2 Å². The van der Waals surface area contributed by atoms with E-state index in [-0.39, 0.29) is 11.3 Å². The Labute approximate surface area is 152 Å². The molecule has 0 bridgehead atoms. The van der Waals surface area contributed by atoms with Crippen LogP contribution in [-0.2, 0) is 12.8 Å². The van der Waals surface area contributed by atoms with Gasteiger partial charge in [0.05, 0.1) is 11.8 Å². The van der Waals surface area contributed by atoms with Crippen LogP contribution in [0.3, 0.4) is 0 Å². The molecule has 2 aromatic rings. The van der Waals surface area contributed by atoms with Crippen molar-refractivity contribution in [3.05, 3.63) is 69.8 Å².